The Morgan fingerprint density at radius 2 is 2.05 bits per heavy atom. The first kappa shape index (κ1) is 13.6. The van der Waals surface area contributed by atoms with Gasteiger partial charge in [-0.25, -0.2) is 0 Å². The van der Waals surface area contributed by atoms with E-state index in [1.165, 1.54) is 6.92 Å². The molecule has 1 fully saturated rings. The lowest BCUT2D eigenvalue weighted by Gasteiger charge is -2.16. The fourth-order valence-corrected chi connectivity index (χ4v) is 1.81. The molecule has 1 unspecified atom stereocenters. The molecule has 0 aliphatic heterocycles. The van der Waals surface area contributed by atoms with E-state index in [2.05, 4.69) is 5.32 Å². The van der Waals surface area contributed by atoms with Gasteiger partial charge in [0.15, 0.2) is 11.9 Å². The molecular formula is C15H19NO3. The van der Waals surface area contributed by atoms with Gasteiger partial charge in [0.1, 0.15) is 5.75 Å². The van der Waals surface area contributed by atoms with Crippen molar-refractivity contribution >= 4 is 11.7 Å². The first-order valence-electron chi connectivity index (χ1n) is 6.56. The van der Waals surface area contributed by atoms with E-state index in [0.29, 0.717) is 17.4 Å². The predicted octanol–water partition coefficient (Wildman–Crippen LogP) is 2.24. The van der Waals surface area contributed by atoms with Crippen molar-refractivity contribution in [3.8, 4) is 5.75 Å². The summed E-state index contributed by atoms with van der Waals surface area (Å²) in [4.78, 5) is 23.4. The highest BCUT2D eigenvalue weighted by atomic mass is 16.5. The maximum absolute atomic E-state index is 11.8. The summed E-state index contributed by atoms with van der Waals surface area (Å²) in [6, 6.07) is 5.70. The van der Waals surface area contributed by atoms with Gasteiger partial charge < -0.3 is 10.1 Å². The van der Waals surface area contributed by atoms with Gasteiger partial charge in [-0.2, -0.15) is 0 Å². The number of amides is 1. The minimum atomic E-state index is -0.596. The van der Waals surface area contributed by atoms with E-state index in [-0.39, 0.29) is 11.7 Å². The monoisotopic (exact) mass is 261 g/mol. The standard InChI is InChI=1S/C15H19NO3/c1-9-4-7-14(13(8-9)10(2)17)19-11(3)15(18)16-12-5-6-12/h4,7-8,11-12H,5-6H2,1-3H3,(H,16,18). The van der Waals surface area contributed by atoms with Crippen LogP contribution in [0.15, 0.2) is 18.2 Å². The van der Waals surface area contributed by atoms with Crippen LogP contribution >= 0.6 is 0 Å². The van der Waals surface area contributed by atoms with E-state index in [1.54, 1.807) is 19.1 Å². The summed E-state index contributed by atoms with van der Waals surface area (Å²) in [5.74, 6) is 0.280. The Balaban J connectivity index is 2.08. The zero-order valence-electron chi connectivity index (χ0n) is 11.5. The molecule has 1 aromatic carbocycles. The van der Waals surface area contributed by atoms with Crippen molar-refractivity contribution in [3.05, 3.63) is 29.3 Å². The van der Waals surface area contributed by atoms with Gasteiger partial charge in [0.2, 0.25) is 0 Å². The molecule has 4 heteroatoms. The number of ether oxygens (including phenoxy) is 1. The average Bonchev–Trinajstić information content (AvgIpc) is 3.14. The maximum atomic E-state index is 11.8. The van der Waals surface area contributed by atoms with Gasteiger partial charge in [-0.05, 0) is 45.7 Å². The third kappa shape index (κ3) is 3.56. The Bertz CT molecular complexity index is 506. The maximum Gasteiger partial charge on any atom is 0.260 e. The summed E-state index contributed by atoms with van der Waals surface area (Å²) < 4.78 is 5.62. The highest BCUT2D eigenvalue weighted by Gasteiger charge is 2.26. The van der Waals surface area contributed by atoms with Crippen LogP contribution in [0.25, 0.3) is 0 Å². The SMILES string of the molecule is CC(=O)c1cc(C)ccc1OC(C)C(=O)NC1CC1. The molecule has 1 amide bonds. The zero-order valence-corrected chi connectivity index (χ0v) is 11.5. The van der Waals surface area contributed by atoms with E-state index < -0.39 is 6.10 Å². The summed E-state index contributed by atoms with van der Waals surface area (Å²) >= 11 is 0. The van der Waals surface area contributed by atoms with Crippen LogP contribution in [-0.2, 0) is 4.79 Å². The number of carbonyl (C=O) groups excluding carboxylic acids is 2. The lowest BCUT2D eigenvalue weighted by molar-refractivity contribution is -0.127. The van der Waals surface area contributed by atoms with Gasteiger partial charge in [0, 0.05) is 6.04 Å². The Hall–Kier alpha value is -1.84. The van der Waals surface area contributed by atoms with E-state index in [1.807, 2.05) is 13.0 Å². The molecule has 0 heterocycles. The Kier molecular flexibility index (Phi) is 3.88. The molecule has 1 aliphatic rings. The number of rotatable bonds is 5. The summed E-state index contributed by atoms with van der Waals surface area (Å²) in [6.45, 7) is 5.11. The lowest BCUT2D eigenvalue weighted by atomic mass is 10.1. The summed E-state index contributed by atoms with van der Waals surface area (Å²) in [5, 5.41) is 2.89. The third-order valence-electron chi connectivity index (χ3n) is 3.11. The predicted molar refractivity (Wildman–Crippen MR) is 72.4 cm³/mol. The second-order valence-electron chi connectivity index (χ2n) is 5.10. The smallest absolute Gasteiger partial charge is 0.260 e. The second-order valence-corrected chi connectivity index (χ2v) is 5.10. The Morgan fingerprint density at radius 3 is 2.63 bits per heavy atom. The topological polar surface area (TPSA) is 55.4 Å². The van der Waals surface area contributed by atoms with Crippen LogP contribution in [0, 0.1) is 6.92 Å². The van der Waals surface area contributed by atoms with Crippen LogP contribution in [0.2, 0.25) is 0 Å². The van der Waals surface area contributed by atoms with Gasteiger partial charge in [0.25, 0.3) is 5.91 Å². The number of carbonyl (C=O) groups is 2. The highest BCUT2D eigenvalue weighted by molar-refractivity contribution is 5.97. The summed E-state index contributed by atoms with van der Waals surface area (Å²) in [5.41, 5.74) is 1.51. The highest BCUT2D eigenvalue weighted by Crippen LogP contribution is 2.23. The zero-order chi connectivity index (χ0) is 14.0. The molecule has 4 nitrogen and oxygen atoms in total. The third-order valence-corrected chi connectivity index (χ3v) is 3.11. The number of Topliss-reactive ketones (excluding diaryl/α,β-unsaturated/α-hetero) is 1. The van der Waals surface area contributed by atoms with Crippen molar-refractivity contribution in [2.24, 2.45) is 0 Å². The van der Waals surface area contributed by atoms with E-state index in [4.69, 9.17) is 4.74 Å². The van der Waals surface area contributed by atoms with Gasteiger partial charge >= 0.3 is 0 Å². The number of aryl methyl sites for hydroxylation is 1. The molecule has 102 valence electrons. The van der Waals surface area contributed by atoms with Crippen molar-refractivity contribution in [1.82, 2.24) is 5.32 Å². The molecule has 1 aliphatic carbocycles. The molecule has 0 spiro atoms. The molecule has 1 N–H and O–H groups in total. The Morgan fingerprint density at radius 1 is 1.37 bits per heavy atom. The minimum absolute atomic E-state index is 0.0616. The summed E-state index contributed by atoms with van der Waals surface area (Å²) in [6.07, 6.45) is 1.49. The van der Waals surface area contributed by atoms with Crippen molar-refractivity contribution in [2.75, 3.05) is 0 Å². The average molecular weight is 261 g/mol. The number of benzene rings is 1. The number of nitrogens with one attached hydrogen (secondary N) is 1. The molecule has 1 saturated carbocycles. The van der Waals surface area contributed by atoms with Crippen LogP contribution in [0.3, 0.4) is 0 Å². The second kappa shape index (κ2) is 5.43. The van der Waals surface area contributed by atoms with Crippen LogP contribution in [0.1, 0.15) is 42.6 Å². The van der Waals surface area contributed by atoms with Crippen molar-refractivity contribution in [3.63, 3.8) is 0 Å². The first-order chi connectivity index (χ1) is 8.97. The fraction of sp³-hybridized carbons (Fsp3) is 0.467. The van der Waals surface area contributed by atoms with E-state index >= 15 is 0 Å². The molecule has 0 aromatic heterocycles. The van der Waals surface area contributed by atoms with E-state index in [9.17, 15) is 9.59 Å². The minimum Gasteiger partial charge on any atom is -0.480 e. The molecule has 0 bridgehead atoms. The molecule has 0 radical (unpaired) electrons. The molecule has 1 atom stereocenters. The van der Waals surface area contributed by atoms with Crippen molar-refractivity contribution in [1.29, 1.82) is 0 Å². The van der Waals surface area contributed by atoms with Crippen LogP contribution in [0.5, 0.6) is 5.75 Å². The largest absolute Gasteiger partial charge is 0.480 e. The molecule has 2 rings (SSSR count). The van der Waals surface area contributed by atoms with Gasteiger partial charge in [-0.3, -0.25) is 9.59 Å². The first-order valence-corrected chi connectivity index (χ1v) is 6.56. The fourth-order valence-electron chi connectivity index (χ4n) is 1.81. The molecule has 19 heavy (non-hydrogen) atoms. The molecule has 1 aromatic rings. The van der Waals surface area contributed by atoms with Gasteiger partial charge in [0.05, 0.1) is 5.56 Å². The number of ketones is 1. The summed E-state index contributed by atoms with van der Waals surface area (Å²) in [7, 11) is 0. The number of hydrogen-bond acceptors (Lipinski definition) is 3. The van der Waals surface area contributed by atoms with Crippen LogP contribution < -0.4 is 10.1 Å². The van der Waals surface area contributed by atoms with E-state index in [0.717, 1.165) is 18.4 Å². The Labute approximate surface area is 113 Å². The van der Waals surface area contributed by atoms with Gasteiger partial charge in [-0.15, -0.1) is 0 Å². The van der Waals surface area contributed by atoms with Crippen molar-refractivity contribution in [2.45, 2.75) is 45.8 Å². The molecule has 0 saturated heterocycles. The van der Waals surface area contributed by atoms with Crippen molar-refractivity contribution < 1.29 is 14.3 Å². The lowest BCUT2D eigenvalue weighted by Crippen LogP contribution is -2.37. The number of hydrogen-bond donors (Lipinski definition) is 1. The van der Waals surface area contributed by atoms with Crippen LogP contribution in [0.4, 0.5) is 0 Å². The quantitative estimate of drug-likeness (QED) is 0.827. The normalized spacial score (nSPS) is 15.7. The van der Waals surface area contributed by atoms with Crippen LogP contribution in [-0.4, -0.2) is 23.8 Å². The molecular weight excluding hydrogens is 242 g/mol. The van der Waals surface area contributed by atoms with Gasteiger partial charge in [-0.1, -0.05) is 11.6 Å².